The molecule has 0 atom stereocenters. The second-order valence-corrected chi connectivity index (χ2v) is 2.08. The van der Waals surface area contributed by atoms with E-state index in [1.165, 1.54) is 7.11 Å². The van der Waals surface area contributed by atoms with E-state index < -0.39 is 5.97 Å². The van der Waals surface area contributed by atoms with Crippen LogP contribution in [0.1, 0.15) is 5.69 Å². The fourth-order valence-corrected chi connectivity index (χ4v) is 0.663. The Morgan fingerprint density at radius 3 is 3.00 bits per heavy atom. The zero-order chi connectivity index (χ0) is 8.97. The van der Waals surface area contributed by atoms with E-state index in [-0.39, 0.29) is 0 Å². The van der Waals surface area contributed by atoms with Crippen molar-refractivity contribution in [2.45, 2.75) is 0 Å². The number of nitrogens with zero attached hydrogens (tertiary/aromatic N) is 2. The lowest BCUT2D eigenvalue weighted by Gasteiger charge is -1.89. The van der Waals surface area contributed by atoms with Gasteiger partial charge in [0.25, 0.3) is 0 Å². The summed E-state index contributed by atoms with van der Waals surface area (Å²) >= 11 is 0. The standard InChI is InChI=1S/C8H8N2O2/c1-10-7(5-6-9-10)3-4-8(11)12-2/h5-6H,1-2H3. The van der Waals surface area contributed by atoms with Crippen LogP contribution in [0.15, 0.2) is 12.3 Å². The Morgan fingerprint density at radius 1 is 1.75 bits per heavy atom. The van der Waals surface area contributed by atoms with Crippen LogP contribution in [0.4, 0.5) is 0 Å². The van der Waals surface area contributed by atoms with E-state index in [2.05, 4.69) is 21.7 Å². The largest absolute Gasteiger partial charge is 0.459 e. The summed E-state index contributed by atoms with van der Waals surface area (Å²) in [5.41, 5.74) is 0.681. The van der Waals surface area contributed by atoms with Gasteiger partial charge in [0.15, 0.2) is 0 Å². The molecule has 0 saturated carbocycles. The van der Waals surface area contributed by atoms with E-state index in [0.29, 0.717) is 5.69 Å². The normalized spacial score (nSPS) is 8.50. The quantitative estimate of drug-likeness (QED) is 0.398. The van der Waals surface area contributed by atoms with Crippen molar-refractivity contribution in [2.75, 3.05) is 7.11 Å². The molecule has 0 spiro atoms. The van der Waals surface area contributed by atoms with Crippen LogP contribution in [0.5, 0.6) is 0 Å². The minimum Gasteiger partial charge on any atom is -0.459 e. The van der Waals surface area contributed by atoms with Gasteiger partial charge in [-0.3, -0.25) is 4.68 Å². The van der Waals surface area contributed by atoms with Gasteiger partial charge in [-0.2, -0.15) is 5.10 Å². The van der Waals surface area contributed by atoms with Crippen molar-refractivity contribution < 1.29 is 9.53 Å². The van der Waals surface area contributed by atoms with E-state index in [1.807, 2.05) is 0 Å². The second-order valence-electron chi connectivity index (χ2n) is 2.08. The van der Waals surface area contributed by atoms with Gasteiger partial charge < -0.3 is 4.74 Å². The van der Waals surface area contributed by atoms with Crippen molar-refractivity contribution in [3.8, 4) is 11.8 Å². The fourth-order valence-electron chi connectivity index (χ4n) is 0.663. The predicted octanol–water partition coefficient (Wildman–Crippen LogP) is -0.0554. The number of esters is 1. The van der Waals surface area contributed by atoms with Crippen LogP contribution < -0.4 is 0 Å². The predicted molar refractivity (Wildman–Crippen MR) is 42.1 cm³/mol. The first-order valence-corrected chi connectivity index (χ1v) is 3.32. The van der Waals surface area contributed by atoms with Gasteiger partial charge in [0.05, 0.1) is 13.3 Å². The van der Waals surface area contributed by atoms with E-state index in [0.717, 1.165) is 0 Å². The minimum atomic E-state index is -0.545. The van der Waals surface area contributed by atoms with Gasteiger partial charge in [0.1, 0.15) is 5.69 Å². The third kappa shape index (κ3) is 1.86. The number of hydrogen-bond acceptors (Lipinski definition) is 3. The van der Waals surface area contributed by atoms with Crippen molar-refractivity contribution in [3.05, 3.63) is 18.0 Å². The number of ether oxygens (including phenoxy) is 1. The second kappa shape index (κ2) is 3.58. The molecule has 1 aromatic rings. The van der Waals surface area contributed by atoms with Gasteiger partial charge in [-0.15, -0.1) is 0 Å². The zero-order valence-corrected chi connectivity index (χ0v) is 6.87. The summed E-state index contributed by atoms with van der Waals surface area (Å²) in [5, 5.41) is 3.88. The van der Waals surface area contributed by atoms with Crippen molar-refractivity contribution in [3.63, 3.8) is 0 Å². The van der Waals surface area contributed by atoms with Crippen LogP contribution in [0.2, 0.25) is 0 Å². The molecule has 1 rings (SSSR count). The number of rotatable bonds is 0. The highest BCUT2D eigenvalue weighted by Gasteiger charge is 1.93. The van der Waals surface area contributed by atoms with Crippen LogP contribution in [0.3, 0.4) is 0 Å². The average molecular weight is 164 g/mol. The molecule has 1 aromatic heterocycles. The minimum absolute atomic E-state index is 0.545. The molecule has 4 heteroatoms. The fraction of sp³-hybridized carbons (Fsp3) is 0.250. The van der Waals surface area contributed by atoms with Crippen LogP contribution in [-0.4, -0.2) is 22.9 Å². The highest BCUT2D eigenvalue weighted by molar-refractivity contribution is 5.88. The zero-order valence-electron chi connectivity index (χ0n) is 6.87. The highest BCUT2D eigenvalue weighted by Crippen LogP contribution is 1.91. The molecule has 0 aliphatic carbocycles. The summed E-state index contributed by atoms with van der Waals surface area (Å²) in [7, 11) is 3.04. The van der Waals surface area contributed by atoms with E-state index in [9.17, 15) is 4.79 Å². The summed E-state index contributed by atoms with van der Waals surface area (Å²) < 4.78 is 5.93. The Balaban J connectivity index is 2.79. The lowest BCUT2D eigenvalue weighted by Crippen LogP contribution is -1.97. The molecule has 0 bridgehead atoms. The first-order valence-electron chi connectivity index (χ1n) is 3.32. The molecule has 0 fully saturated rings. The average Bonchev–Trinajstić information content (AvgIpc) is 2.47. The lowest BCUT2D eigenvalue weighted by molar-refractivity contribution is -0.133. The molecule has 0 amide bonds. The Hall–Kier alpha value is -1.76. The monoisotopic (exact) mass is 164 g/mol. The summed E-state index contributed by atoms with van der Waals surface area (Å²) in [6.45, 7) is 0. The number of aromatic nitrogens is 2. The van der Waals surface area contributed by atoms with E-state index >= 15 is 0 Å². The molecule has 1 heterocycles. The maximum absolute atomic E-state index is 10.6. The van der Waals surface area contributed by atoms with Crippen LogP contribution in [0, 0.1) is 11.8 Å². The van der Waals surface area contributed by atoms with Crippen molar-refractivity contribution >= 4 is 5.97 Å². The molecule has 0 aromatic carbocycles. The van der Waals surface area contributed by atoms with Gasteiger partial charge in [-0.05, 0) is 12.0 Å². The first-order chi connectivity index (χ1) is 5.74. The Labute approximate surface area is 70.1 Å². The summed E-state index contributed by atoms with van der Waals surface area (Å²) in [5.74, 6) is 4.38. The SMILES string of the molecule is COC(=O)C#Cc1ccnn1C. The molecule has 62 valence electrons. The highest BCUT2D eigenvalue weighted by atomic mass is 16.5. The van der Waals surface area contributed by atoms with Crippen molar-refractivity contribution in [1.29, 1.82) is 0 Å². The molecule has 0 saturated heterocycles. The molecule has 0 radical (unpaired) electrons. The van der Waals surface area contributed by atoms with Gasteiger partial charge in [-0.1, -0.05) is 0 Å². The van der Waals surface area contributed by atoms with E-state index in [1.54, 1.807) is 24.0 Å². The van der Waals surface area contributed by atoms with Crippen LogP contribution >= 0.6 is 0 Å². The Morgan fingerprint density at radius 2 is 2.50 bits per heavy atom. The number of carbonyl (C=O) groups excluding carboxylic acids is 1. The molecule has 12 heavy (non-hydrogen) atoms. The Kier molecular flexibility index (Phi) is 2.49. The maximum Gasteiger partial charge on any atom is 0.384 e. The molecule has 0 aliphatic rings. The van der Waals surface area contributed by atoms with Gasteiger partial charge in [0.2, 0.25) is 0 Å². The smallest absolute Gasteiger partial charge is 0.384 e. The Bertz CT molecular complexity index is 343. The molecular weight excluding hydrogens is 156 g/mol. The van der Waals surface area contributed by atoms with Gasteiger partial charge >= 0.3 is 5.97 Å². The summed E-state index contributed by atoms with van der Waals surface area (Å²) in [4.78, 5) is 10.6. The number of methoxy groups -OCH3 is 1. The first kappa shape index (κ1) is 8.34. The van der Waals surface area contributed by atoms with Crippen LogP contribution in [-0.2, 0) is 16.6 Å². The summed E-state index contributed by atoms with van der Waals surface area (Å²) in [6.07, 6.45) is 1.61. The van der Waals surface area contributed by atoms with Crippen molar-refractivity contribution in [1.82, 2.24) is 9.78 Å². The topological polar surface area (TPSA) is 44.1 Å². The molecular formula is C8H8N2O2. The number of hydrogen-bond donors (Lipinski definition) is 0. The number of aryl methyl sites for hydroxylation is 1. The molecule has 0 N–H and O–H groups in total. The number of carbonyl (C=O) groups is 1. The van der Waals surface area contributed by atoms with Crippen LogP contribution in [0.25, 0.3) is 0 Å². The molecule has 0 unspecified atom stereocenters. The third-order valence-electron chi connectivity index (χ3n) is 1.30. The molecule has 4 nitrogen and oxygen atoms in total. The maximum atomic E-state index is 10.6. The summed E-state index contributed by atoms with van der Waals surface area (Å²) in [6, 6.07) is 1.72. The van der Waals surface area contributed by atoms with Crippen molar-refractivity contribution in [2.24, 2.45) is 7.05 Å². The van der Waals surface area contributed by atoms with Gasteiger partial charge in [-0.25, -0.2) is 4.79 Å². The van der Waals surface area contributed by atoms with E-state index in [4.69, 9.17) is 0 Å². The van der Waals surface area contributed by atoms with Gasteiger partial charge in [0, 0.05) is 13.0 Å². The lowest BCUT2D eigenvalue weighted by atomic mass is 10.4. The molecule has 0 aliphatic heterocycles. The third-order valence-corrected chi connectivity index (χ3v) is 1.30.